The molecule has 25 heavy (non-hydrogen) atoms. The van der Waals surface area contributed by atoms with Crippen molar-refractivity contribution in [2.45, 2.75) is 58.3 Å². The first-order valence-electron chi connectivity index (χ1n) is 9.17. The number of halogens is 2. The lowest BCUT2D eigenvalue weighted by Crippen LogP contribution is -2.35. The van der Waals surface area contributed by atoms with Crippen LogP contribution in [0.25, 0.3) is 0 Å². The average Bonchev–Trinajstić information content (AvgIpc) is 3.23. The summed E-state index contributed by atoms with van der Waals surface area (Å²) in [6.45, 7) is 2.08. The predicted molar refractivity (Wildman–Crippen MR) is 100.0 cm³/mol. The number of aldehydes is 1. The summed E-state index contributed by atoms with van der Waals surface area (Å²) in [4.78, 5) is 24.1. The Balaban J connectivity index is 2.02. The summed E-state index contributed by atoms with van der Waals surface area (Å²) < 4.78 is 5.41. The Bertz CT molecular complexity index is 680. The van der Waals surface area contributed by atoms with E-state index in [1.165, 1.54) is 12.8 Å². The summed E-state index contributed by atoms with van der Waals surface area (Å²) in [6, 6.07) is 1.81. The molecule has 1 aromatic carbocycles. The number of benzene rings is 1. The van der Waals surface area contributed by atoms with E-state index in [0.717, 1.165) is 37.7 Å². The summed E-state index contributed by atoms with van der Waals surface area (Å²) >= 11 is 12.8. The van der Waals surface area contributed by atoms with Crippen LogP contribution in [0.2, 0.25) is 10.0 Å². The molecule has 136 valence electrons. The quantitative estimate of drug-likeness (QED) is 0.569. The zero-order valence-corrected chi connectivity index (χ0v) is 16.1. The van der Waals surface area contributed by atoms with Crippen LogP contribution in [0.15, 0.2) is 6.07 Å². The molecule has 0 aromatic heterocycles. The third kappa shape index (κ3) is 3.21. The Morgan fingerprint density at radius 3 is 2.64 bits per heavy atom. The van der Waals surface area contributed by atoms with Crippen molar-refractivity contribution in [2.24, 2.45) is 11.3 Å². The van der Waals surface area contributed by atoms with E-state index in [9.17, 15) is 9.59 Å². The minimum atomic E-state index is -0.342. The molecule has 0 spiro atoms. The Hall–Kier alpha value is -1.06. The lowest BCUT2D eigenvalue weighted by atomic mass is 9.68. The highest BCUT2D eigenvalue weighted by Crippen LogP contribution is 2.54. The first kappa shape index (κ1) is 18.7. The molecule has 1 fully saturated rings. The van der Waals surface area contributed by atoms with Gasteiger partial charge < -0.3 is 4.74 Å². The van der Waals surface area contributed by atoms with Gasteiger partial charge in [-0.25, -0.2) is 0 Å². The van der Waals surface area contributed by atoms with Crippen LogP contribution in [0.3, 0.4) is 0 Å². The van der Waals surface area contributed by atoms with Gasteiger partial charge in [0.15, 0.2) is 12.1 Å². The average molecular weight is 383 g/mol. The lowest BCUT2D eigenvalue weighted by Gasteiger charge is -2.34. The van der Waals surface area contributed by atoms with Gasteiger partial charge in [-0.05, 0) is 43.2 Å². The van der Waals surface area contributed by atoms with Crippen molar-refractivity contribution in [2.75, 3.05) is 6.61 Å². The molecule has 1 unspecified atom stereocenters. The van der Waals surface area contributed by atoms with Crippen molar-refractivity contribution in [1.29, 1.82) is 0 Å². The summed E-state index contributed by atoms with van der Waals surface area (Å²) in [5, 5.41) is 0.509. The number of ketones is 1. The van der Waals surface area contributed by atoms with Crippen molar-refractivity contribution >= 4 is 35.3 Å². The van der Waals surface area contributed by atoms with Crippen LogP contribution in [0.5, 0.6) is 5.75 Å². The van der Waals surface area contributed by atoms with Crippen LogP contribution in [-0.2, 0) is 11.2 Å². The van der Waals surface area contributed by atoms with Gasteiger partial charge in [0.2, 0.25) is 0 Å². The van der Waals surface area contributed by atoms with E-state index in [0.29, 0.717) is 29.9 Å². The molecule has 3 rings (SSSR count). The molecule has 5 heteroatoms. The van der Waals surface area contributed by atoms with Crippen LogP contribution in [0.4, 0.5) is 0 Å². The minimum Gasteiger partial charge on any atom is -0.485 e. The molecular weight excluding hydrogens is 359 g/mol. The Kier molecular flexibility index (Phi) is 5.75. The maximum atomic E-state index is 13.5. The number of carbonyl (C=O) groups is 2. The third-order valence-corrected chi connectivity index (χ3v) is 6.71. The fourth-order valence-corrected chi connectivity index (χ4v) is 5.15. The second-order valence-corrected chi connectivity index (χ2v) is 8.02. The topological polar surface area (TPSA) is 43.4 Å². The van der Waals surface area contributed by atoms with Gasteiger partial charge in [0.25, 0.3) is 0 Å². The van der Waals surface area contributed by atoms with E-state index in [4.69, 9.17) is 27.9 Å². The predicted octanol–water partition coefficient (Wildman–Crippen LogP) is 5.68. The molecule has 3 nitrogen and oxygen atoms in total. The molecule has 1 atom stereocenters. The molecule has 0 aliphatic heterocycles. The molecule has 0 bridgehead atoms. The van der Waals surface area contributed by atoms with Gasteiger partial charge in [-0.1, -0.05) is 55.8 Å². The maximum Gasteiger partial charge on any atom is 0.171 e. The molecule has 0 heterocycles. The number of rotatable bonds is 7. The van der Waals surface area contributed by atoms with Crippen molar-refractivity contribution in [3.05, 3.63) is 27.2 Å². The normalized spacial score (nSPS) is 23.1. The molecule has 1 saturated carbocycles. The molecule has 2 aliphatic carbocycles. The summed E-state index contributed by atoms with van der Waals surface area (Å²) in [7, 11) is 0. The molecule has 0 N–H and O–H groups in total. The van der Waals surface area contributed by atoms with E-state index in [-0.39, 0.29) is 27.9 Å². The Labute approximate surface area is 159 Å². The highest BCUT2D eigenvalue weighted by atomic mass is 35.5. The third-order valence-electron chi connectivity index (χ3n) is 5.86. The molecule has 0 saturated heterocycles. The number of fused-ring (bicyclic) bond motifs is 1. The van der Waals surface area contributed by atoms with Gasteiger partial charge in [-0.2, -0.15) is 0 Å². The highest BCUT2D eigenvalue weighted by Gasteiger charge is 2.51. The SMILES string of the molecule is CCCCC1(C2CCCC2)Cc2cc(OCC=O)c(Cl)c(Cl)c2C1=O. The fraction of sp³-hybridized carbons (Fsp3) is 0.600. The van der Waals surface area contributed by atoms with Crippen LogP contribution >= 0.6 is 23.2 Å². The smallest absolute Gasteiger partial charge is 0.171 e. The Morgan fingerprint density at radius 2 is 2.00 bits per heavy atom. The van der Waals surface area contributed by atoms with Gasteiger partial charge in [0.05, 0.1) is 5.02 Å². The van der Waals surface area contributed by atoms with E-state index < -0.39 is 0 Å². The van der Waals surface area contributed by atoms with E-state index in [2.05, 4.69) is 6.92 Å². The maximum absolute atomic E-state index is 13.5. The van der Waals surface area contributed by atoms with Crippen LogP contribution < -0.4 is 4.74 Å². The van der Waals surface area contributed by atoms with Crippen molar-refractivity contribution in [3.8, 4) is 5.75 Å². The van der Waals surface area contributed by atoms with Crippen molar-refractivity contribution in [3.63, 3.8) is 0 Å². The number of carbonyl (C=O) groups excluding carboxylic acids is 2. The molecule has 1 aromatic rings. The second kappa shape index (κ2) is 7.67. The molecule has 0 amide bonds. The van der Waals surface area contributed by atoms with Crippen LogP contribution in [0, 0.1) is 11.3 Å². The van der Waals surface area contributed by atoms with Gasteiger partial charge in [0.1, 0.15) is 17.4 Å². The molecule has 2 aliphatic rings. The van der Waals surface area contributed by atoms with E-state index in [1.54, 1.807) is 0 Å². The largest absolute Gasteiger partial charge is 0.485 e. The zero-order chi connectivity index (χ0) is 18.0. The van der Waals surface area contributed by atoms with E-state index in [1.807, 2.05) is 6.07 Å². The first-order chi connectivity index (χ1) is 12.0. The van der Waals surface area contributed by atoms with Crippen molar-refractivity contribution in [1.82, 2.24) is 0 Å². The monoisotopic (exact) mass is 382 g/mol. The zero-order valence-electron chi connectivity index (χ0n) is 14.6. The number of hydrogen-bond donors (Lipinski definition) is 0. The number of unbranched alkanes of at least 4 members (excludes halogenated alkanes) is 1. The van der Waals surface area contributed by atoms with Gasteiger partial charge >= 0.3 is 0 Å². The molecular formula is C20H24Cl2O3. The number of hydrogen-bond acceptors (Lipinski definition) is 3. The minimum absolute atomic E-state index is 0.0770. The highest BCUT2D eigenvalue weighted by molar-refractivity contribution is 6.45. The fourth-order valence-electron chi connectivity index (χ4n) is 4.64. The summed E-state index contributed by atoms with van der Waals surface area (Å²) in [5.41, 5.74) is 1.15. The summed E-state index contributed by atoms with van der Waals surface area (Å²) in [5.74, 6) is 0.979. The van der Waals surface area contributed by atoms with Crippen molar-refractivity contribution < 1.29 is 14.3 Å². The molecule has 0 radical (unpaired) electrons. The standard InChI is InChI=1S/C20H24Cl2O3/c1-2-3-8-20(14-6-4-5-7-14)12-13-11-15(25-10-9-23)17(21)18(22)16(13)19(20)24/h9,11,14H,2-8,10,12H2,1H3. The number of ether oxygens (including phenoxy) is 1. The lowest BCUT2D eigenvalue weighted by molar-refractivity contribution is -0.109. The van der Waals surface area contributed by atoms with Crippen LogP contribution in [-0.4, -0.2) is 18.7 Å². The summed E-state index contributed by atoms with van der Waals surface area (Å²) in [6.07, 6.45) is 9.02. The van der Waals surface area contributed by atoms with Crippen LogP contribution in [0.1, 0.15) is 67.8 Å². The van der Waals surface area contributed by atoms with E-state index >= 15 is 0 Å². The Morgan fingerprint density at radius 1 is 1.28 bits per heavy atom. The van der Waals surface area contributed by atoms with Gasteiger partial charge in [-0.3, -0.25) is 9.59 Å². The number of Topliss-reactive ketones (excluding diaryl/α,β-unsaturated/α-hetero) is 1. The first-order valence-corrected chi connectivity index (χ1v) is 9.93. The second-order valence-electron chi connectivity index (χ2n) is 7.26. The van der Waals surface area contributed by atoms with Gasteiger partial charge in [0, 0.05) is 11.0 Å². The van der Waals surface area contributed by atoms with Gasteiger partial charge in [-0.15, -0.1) is 0 Å².